The van der Waals surface area contributed by atoms with Gasteiger partial charge in [0.05, 0.1) is 11.6 Å². The predicted octanol–water partition coefficient (Wildman–Crippen LogP) is 2.35. The van der Waals surface area contributed by atoms with E-state index in [0.717, 1.165) is 6.42 Å². The predicted molar refractivity (Wildman–Crippen MR) is 116 cm³/mol. The maximum absolute atomic E-state index is 13.2. The van der Waals surface area contributed by atoms with E-state index in [1.807, 2.05) is 6.92 Å². The molecule has 1 aliphatic heterocycles. The van der Waals surface area contributed by atoms with E-state index in [1.165, 1.54) is 39.9 Å². The molecule has 0 radical (unpaired) electrons. The maximum atomic E-state index is 13.2. The van der Waals surface area contributed by atoms with Crippen LogP contribution in [-0.2, 0) is 16.0 Å². The molecule has 0 bridgehead atoms. The molecule has 1 aliphatic rings. The lowest BCUT2D eigenvalue weighted by atomic mass is 10.1. The van der Waals surface area contributed by atoms with Crippen molar-refractivity contribution in [2.24, 2.45) is 5.92 Å². The third-order valence-electron chi connectivity index (χ3n) is 5.21. The fraction of sp³-hybridized carbons (Fsp3) is 0.318. The zero-order chi connectivity index (χ0) is 22.8. The number of amides is 2. The summed E-state index contributed by atoms with van der Waals surface area (Å²) in [5.41, 5.74) is 1.49. The number of aromatic amines is 1. The van der Waals surface area contributed by atoms with Gasteiger partial charge in [-0.2, -0.15) is 9.78 Å². The van der Waals surface area contributed by atoms with Crippen LogP contribution >= 0.6 is 0 Å². The molecule has 0 saturated carbocycles. The summed E-state index contributed by atoms with van der Waals surface area (Å²) in [4.78, 5) is 46.0. The van der Waals surface area contributed by atoms with Crippen LogP contribution < -0.4 is 15.8 Å². The van der Waals surface area contributed by atoms with Crippen molar-refractivity contribution in [2.75, 3.05) is 16.8 Å². The first-order valence-corrected chi connectivity index (χ1v) is 10.4. The molecule has 0 aliphatic carbocycles. The number of halogens is 1. The van der Waals surface area contributed by atoms with E-state index < -0.39 is 11.7 Å². The third kappa shape index (κ3) is 4.43. The van der Waals surface area contributed by atoms with Gasteiger partial charge < -0.3 is 10.2 Å². The Morgan fingerprint density at radius 2 is 2.00 bits per heavy atom. The van der Waals surface area contributed by atoms with Gasteiger partial charge in [-0.05, 0) is 37.6 Å². The molecule has 2 amide bonds. The number of rotatable bonds is 6. The summed E-state index contributed by atoms with van der Waals surface area (Å²) in [6.45, 7) is 3.93. The van der Waals surface area contributed by atoms with Gasteiger partial charge in [0.25, 0.3) is 5.56 Å². The van der Waals surface area contributed by atoms with Gasteiger partial charge >= 0.3 is 0 Å². The van der Waals surface area contributed by atoms with Crippen LogP contribution in [0.5, 0.6) is 0 Å². The van der Waals surface area contributed by atoms with Gasteiger partial charge in [-0.1, -0.05) is 13.3 Å². The molecule has 166 valence electrons. The van der Waals surface area contributed by atoms with Crippen LogP contribution in [0.2, 0.25) is 0 Å². The van der Waals surface area contributed by atoms with Gasteiger partial charge in [-0.25, -0.2) is 9.37 Å². The second-order valence-electron chi connectivity index (χ2n) is 7.76. The lowest BCUT2D eigenvalue weighted by Gasteiger charge is -2.16. The Kier molecular flexibility index (Phi) is 5.85. The first-order chi connectivity index (χ1) is 15.3. The van der Waals surface area contributed by atoms with E-state index in [9.17, 15) is 18.8 Å². The number of carbonyl (C=O) groups is 2. The van der Waals surface area contributed by atoms with Crippen LogP contribution in [0.25, 0.3) is 5.95 Å². The molecule has 1 saturated heterocycles. The van der Waals surface area contributed by atoms with Crippen LogP contribution in [0.1, 0.15) is 31.2 Å². The smallest absolute Gasteiger partial charge is 0.252 e. The Labute approximate surface area is 183 Å². The third-order valence-corrected chi connectivity index (χ3v) is 5.21. The Balaban J connectivity index is 1.54. The normalized spacial score (nSPS) is 15.9. The quantitative estimate of drug-likeness (QED) is 0.613. The summed E-state index contributed by atoms with van der Waals surface area (Å²) in [5.74, 6) is -0.990. The largest absolute Gasteiger partial charge is 0.312 e. The summed E-state index contributed by atoms with van der Waals surface area (Å²) >= 11 is 0. The second-order valence-corrected chi connectivity index (χ2v) is 7.76. The molecule has 1 atom stereocenters. The molecule has 1 fully saturated rings. The summed E-state index contributed by atoms with van der Waals surface area (Å²) in [7, 11) is 0. The van der Waals surface area contributed by atoms with Crippen molar-refractivity contribution >= 4 is 23.3 Å². The number of nitrogens with zero attached hydrogens (tertiary/aromatic N) is 4. The van der Waals surface area contributed by atoms with Gasteiger partial charge in [0.2, 0.25) is 17.8 Å². The molecule has 0 unspecified atom stereocenters. The fourth-order valence-electron chi connectivity index (χ4n) is 3.71. The molecule has 1 aromatic carbocycles. The Morgan fingerprint density at radius 3 is 2.72 bits per heavy atom. The van der Waals surface area contributed by atoms with Crippen molar-refractivity contribution in [1.29, 1.82) is 0 Å². The molecule has 10 heteroatoms. The molecule has 9 nitrogen and oxygen atoms in total. The van der Waals surface area contributed by atoms with E-state index in [0.29, 0.717) is 29.3 Å². The van der Waals surface area contributed by atoms with E-state index in [-0.39, 0.29) is 36.3 Å². The van der Waals surface area contributed by atoms with E-state index >= 15 is 0 Å². The van der Waals surface area contributed by atoms with Crippen LogP contribution in [0, 0.1) is 18.7 Å². The molecule has 2 N–H and O–H groups in total. The zero-order valence-electron chi connectivity index (χ0n) is 17.8. The molecule has 0 spiro atoms. The van der Waals surface area contributed by atoms with E-state index in [2.05, 4.69) is 20.4 Å². The molecule has 32 heavy (non-hydrogen) atoms. The Morgan fingerprint density at radius 1 is 1.25 bits per heavy atom. The van der Waals surface area contributed by atoms with Crippen molar-refractivity contribution in [1.82, 2.24) is 19.7 Å². The minimum absolute atomic E-state index is 0.0391. The number of aryl methyl sites for hydroxylation is 2. The number of benzene rings is 1. The Hall–Kier alpha value is -3.82. The SMILES string of the molecule is CCCc1cc(=O)[nH]c(-n2nc(C)cc2NC(=O)[C@@H]2CC(=O)N(c3ccc(F)cc3)C2)n1. The van der Waals surface area contributed by atoms with Crippen molar-refractivity contribution in [3.05, 3.63) is 64.0 Å². The van der Waals surface area contributed by atoms with Crippen molar-refractivity contribution in [2.45, 2.75) is 33.1 Å². The number of carbonyl (C=O) groups excluding carboxylic acids is 2. The average molecular weight is 438 g/mol. The lowest BCUT2D eigenvalue weighted by Crippen LogP contribution is -2.29. The van der Waals surface area contributed by atoms with Gasteiger partial charge in [0.1, 0.15) is 11.6 Å². The number of hydrogen-bond acceptors (Lipinski definition) is 5. The zero-order valence-corrected chi connectivity index (χ0v) is 17.8. The number of nitrogens with one attached hydrogen (secondary N) is 2. The fourth-order valence-corrected chi connectivity index (χ4v) is 3.71. The molecular weight excluding hydrogens is 415 g/mol. The summed E-state index contributed by atoms with van der Waals surface area (Å²) < 4.78 is 14.6. The van der Waals surface area contributed by atoms with Crippen LogP contribution in [-0.4, -0.2) is 38.1 Å². The van der Waals surface area contributed by atoms with Crippen LogP contribution in [0.3, 0.4) is 0 Å². The summed E-state index contributed by atoms with van der Waals surface area (Å²) in [5, 5.41) is 7.15. The van der Waals surface area contributed by atoms with Gasteiger partial charge in [-0.15, -0.1) is 0 Å². The number of H-pyrrole nitrogens is 1. The monoisotopic (exact) mass is 438 g/mol. The van der Waals surface area contributed by atoms with Gasteiger partial charge in [-0.3, -0.25) is 19.4 Å². The second kappa shape index (κ2) is 8.74. The highest BCUT2D eigenvalue weighted by Crippen LogP contribution is 2.26. The topological polar surface area (TPSA) is 113 Å². The highest BCUT2D eigenvalue weighted by atomic mass is 19.1. The first-order valence-electron chi connectivity index (χ1n) is 10.4. The van der Waals surface area contributed by atoms with Gasteiger partial charge in [0.15, 0.2) is 0 Å². The van der Waals surface area contributed by atoms with Crippen LogP contribution in [0.4, 0.5) is 15.9 Å². The van der Waals surface area contributed by atoms with E-state index in [4.69, 9.17) is 0 Å². The lowest BCUT2D eigenvalue weighted by molar-refractivity contribution is -0.122. The van der Waals surface area contributed by atoms with E-state index in [1.54, 1.807) is 13.0 Å². The number of aromatic nitrogens is 4. The molecule has 3 aromatic rings. The average Bonchev–Trinajstić information content (AvgIpc) is 3.31. The highest BCUT2D eigenvalue weighted by Gasteiger charge is 2.35. The van der Waals surface area contributed by atoms with Crippen molar-refractivity contribution in [3.63, 3.8) is 0 Å². The van der Waals surface area contributed by atoms with Crippen molar-refractivity contribution in [3.8, 4) is 5.95 Å². The van der Waals surface area contributed by atoms with Gasteiger partial charge in [0, 0.05) is 36.5 Å². The minimum atomic E-state index is -0.588. The summed E-state index contributed by atoms with van der Waals surface area (Å²) in [6.07, 6.45) is 1.51. The standard InChI is InChI=1S/C22H23FN6O3/c1-3-4-16-11-19(30)26-22(24-16)29-18(9-13(2)27-29)25-21(32)14-10-20(31)28(12-14)17-7-5-15(23)6-8-17/h5-9,11,14H,3-4,10,12H2,1-2H3,(H,25,32)(H,24,26,30)/t14-/m1/s1. The first kappa shape index (κ1) is 21.4. The highest BCUT2D eigenvalue weighted by molar-refractivity contribution is 6.03. The van der Waals surface area contributed by atoms with Crippen LogP contribution in [0.15, 0.2) is 41.2 Å². The summed E-state index contributed by atoms with van der Waals surface area (Å²) in [6, 6.07) is 8.68. The van der Waals surface area contributed by atoms with Crippen molar-refractivity contribution < 1.29 is 14.0 Å². The molecular formula is C22H23FN6O3. The molecule has 3 heterocycles. The minimum Gasteiger partial charge on any atom is -0.312 e. The molecule has 4 rings (SSSR count). The molecule has 2 aromatic heterocycles. The number of anilines is 2. The maximum Gasteiger partial charge on any atom is 0.252 e. The number of hydrogen-bond donors (Lipinski definition) is 2. The Bertz CT molecular complexity index is 1220.